The first-order chi connectivity index (χ1) is 11.1. The van der Waals surface area contributed by atoms with Gasteiger partial charge in [-0.1, -0.05) is 30.3 Å². The Labute approximate surface area is 138 Å². The summed E-state index contributed by atoms with van der Waals surface area (Å²) in [6, 6.07) is 17.6. The number of carbonyl (C=O) groups excluding carboxylic acids is 2. The molecule has 2 unspecified atom stereocenters. The third-order valence-electron chi connectivity index (χ3n) is 3.93. The highest BCUT2D eigenvalue weighted by atomic mass is 32.2. The molecule has 1 aliphatic rings. The minimum Gasteiger partial charge on any atom is -0.497 e. The topological polar surface area (TPSA) is 43.4 Å². The molecule has 0 fully saturated rings. The average molecular weight is 326 g/mol. The highest BCUT2D eigenvalue weighted by Crippen LogP contribution is 2.50. The van der Waals surface area contributed by atoms with Crippen molar-refractivity contribution in [3.05, 3.63) is 60.2 Å². The van der Waals surface area contributed by atoms with Gasteiger partial charge in [-0.2, -0.15) is 0 Å². The number of hydrogen-bond donors (Lipinski definition) is 0. The predicted molar refractivity (Wildman–Crippen MR) is 93.3 cm³/mol. The van der Waals surface area contributed by atoms with Crippen molar-refractivity contribution in [3.8, 4) is 5.75 Å². The Morgan fingerprint density at radius 3 is 2.30 bits per heavy atom. The molecule has 2 aromatic rings. The van der Waals surface area contributed by atoms with Crippen LogP contribution in [0.2, 0.25) is 0 Å². The maximum atomic E-state index is 12.4. The molecule has 0 saturated heterocycles. The lowest BCUT2D eigenvalue weighted by Gasteiger charge is -2.17. The van der Waals surface area contributed by atoms with Crippen LogP contribution in [0.15, 0.2) is 59.5 Å². The Balaban J connectivity index is 2.12. The van der Waals surface area contributed by atoms with Gasteiger partial charge in [0.2, 0.25) is 0 Å². The van der Waals surface area contributed by atoms with Gasteiger partial charge in [0.25, 0.3) is 0 Å². The van der Waals surface area contributed by atoms with Gasteiger partial charge < -0.3 is 4.74 Å². The number of methoxy groups -OCH3 is 1. The van der Waals surface area contributed by atoms with E-state index in [1.807, 2.05) is 54.6 Å². The summed E-state index contributed by atoms with van der Waals surface area (Å²) in [6.07, 6.45) is 0.388. The third kappa shape index (κ3) is 2.99. The molecular weight excluding hydrogens is 308 g/mol. The Morgan fingerprint density at radius 1 is 1.09 bits per heavy atom. The first kappa shape index (κ1) is 15.7. The van der Waals surface area contributed by atoms with Crippen LogP contribution in [0, 0.1) is 0 Å². The van der Waals surface area contributed by atoms with Crippen molar-refractivity contribution in [2.45, 2.75) is 23.5 Å². The van der Waals surface area contributed by atoms with Gasteiger partial charge in [-0.3, -0.25) is 9.59 Å². The molecule has 0 bridgehead atoms. The van der Waals surface area contributed by atoms with Crippen molar-refractivity contribution in [2.24, 2.45) is 0 Å². The van der Waals surface area contributed by atoms with E-state index < -0.39 is 10.5 Å². The summed E-state index contributed by atoms with van der Waals surface area (Å²) in [7, 11) is 1.12. The lowest BCUT2D eigenvalue weighted by Crippen LogP contribution is -2.16. The molecule has 3 nitrogen and oxygen atoms in total. The Hall–Kier alpha value is -2.20. The zero-order valence-electron chi connectivity index (χ0n) is 13.1. The number of carbonyl (C=O) groups is 2. The zero-order chi connectivity index (χ0) is 16.4. The van der Waals surface area contributed by atoms with Crippen LogP contribution in [-0.2, 0) is 9.59 Å². The van der Waals surface area contributed by atoms with Crippen LogP contribution in [-0.4, -0.2) is 23.5 Å². The summed E-state index contributed by atoms with van der Waals surface area (Å²) in [5.74, 6) is 0.650. The molecule has 1 aliphatic heterocycles. The minimum absolute atomic E-state index is 0.0227. The van der Waals surface area contributed by atoms with E-state index in [-0.39, 0.29) is 16.8 Å². The van der Waals surface area contributed by atoms with Crippen molar-refractivity contribution in [1.82, 2.24) is 0 Å². The fourth-order valence-corrected chi connectivity index (χ4v) is 5.57. The van der Waals surface area contributed by atoms with Crippen LogP contribution in [0.5, 0.6) is 5.75 Å². The van der Waals surface area contributed by atoms with E-state index in [2.05, 4.69) is 0 Å². The van der Waals surface area contributed by atoms with Gasteiger partial charge in [-0.15, -0.1) is 10.5 Å². The van der Waals surface area contributed by atoms with Crippen molar-refractivity contribution in [1.29, 1.82) is 0 Å². The normalized spacial score (nSPS) is 20.6. The number of benzene rings is 2. The molecule has 2 aromatic carbocycles. The summed E-state index contributed by atoms with van der Waals surface area (Å²) >= 11 is 0. The van der Waals surface area contributed by atoms with Gasteiger partial charge in [-0.05, 0) is 36.8 Å². The lowest BCUT2D eigenvalue weighted by molar-refractivity contribution is -0.115. The standard InChI is InChI=1S/C19H18O3S/c1-13(20)19-17(21)12-18(14-8-10-15(22-2)11-9-14)23(19)16-6-4-3-5-7-16/h3-11,18H,12H2,1-2H3. The highest BCUT2D eigenvalue weighted by Gasteiger charge is 2.35. The predicted octanol–water partition coefficient (Wildman–Crippen LogP) is 3.80. The SMILES string of the molecule is COc1ccc(C2CC(=O)C(C(C)=O)=S2c2ccccc2)cc1. The molecule has 1 heterocycles. The molecule has 0 amide bonds. The van der Waals surface area contributed by atoms with Crippen LogP contribution in [0.1, 0.15) is 24.2 Å². The van der Waals surface area contributed by atoms with E-state index in [0.717, 1.165) is 16.2 Å². The maximum Gasteiger partial charge on any atom is 0.173 e. The van der Waals surface area contributed by atoms with Gasteiger partial charge in [0, 0.05) is 16.6 Å². The molecule has 0 saturated carbocycles. The number of Topliss-reactive ketones (excluding diaryl/α,β-unsaturated/α-hetero) is 2. The van der Waals surface area contributed by atoms with Crippen molar-refractivity contribution < 1.29 is 14.3 Å². The number of rotatable bonds is 4. The zero-order valence-corrected chi connectivity index (χ0v) is 13.9. The Bertz CT molecular complexity index is 776. The van der Waals surface area contributed by atoms with Crippen LogP contribution < -0.4 is 4.74 Å². The smallest absolute Gasteiger partial charge is 0.173 e. The van der Waals surface area contributed by atoms with Crippen LogP contribution in [0.4, 0.5) is 0 Å². The molecule has 0 aromatic heterocycles. The second-order valence-electron chi connectivity index (χ2n) is 5.43. The van der Waals surface area contributed by atoms with Gasteiger partial charge in [0.15, 0.2) is 11.6 Å². The highest BCUT2D eigenvalue weighted by molar-refractivity contribution is 8.18. The molecule has 2 atom stereocenters. The molecule has 0 N–H and O–H groups in total. The van der Waals surface area contributed by atoms with Gasteiger partial charge in [0.05, 0.1) is 12.0 Å². The van der Waals surface area contributed by atoms with Crippen molar-refractivity contribution in [2.75, 3.05) is 7.11 Å². The fraction of sp³-hybridized carbons (Fsp3) is 0.211. The van der Waals surface area contributed by atoms with Crippen LogP contribution in [0.25, 0.3) is 0 Å². The van der Waals surface area contributed by atoms with Crippen molar-refractivity contribution >= 4 is 26.9 Å². The summed E-state index contributed by atoms with van der Waals surface area (Å²) < 4.78 is 5.20. The van der Waals surface area contributed by atoms with Gasteiger partial charge >= 0.3 is 0 Å². The number of hydrogen-bond acceptors (Lipinski definition) is 3. The average Bonchev–Trinajstić information content (AvgIpc) is 2.93. The maximum absolute atomic E-state index is 12.4. The molecule has 0 spiro atoms. The minimum atomic E-state index is -0.509. The first-order valence-corrected chi connectivity index (χ1v) is 8.74. The molecule has 3 rings (SSSR count). The molecule has 0 radical (unpaired) electrons. The quantitative estimate of drug-likeness (QED) is 0.803. The van der Waals surface area contributed by atoms with E-state index in [0.29, 0.717) is 11.3 Å². The summed E-state index contributed by atoms with van der Waals surface area (Å²) in [4.78, 5) is 26.0. The Kier molecular flexibility index (Phi) is 4.44. The van der Waals surface area contributed by atoms with E-state index in [1.54, 1.807) is 7.11 Å². The third-order valence-corrected chi connectivity index (χ3v) is 6.68. The van der Waals surface area contributed by atoms with Gasteiger partial charge in [0.1, 0.15) is 5.75 Å². The summed E-state index contributed by atoms with van der Waals surface area (Å²) in [5.41, 5.74) is 1.07. The molecule has 4 heteroatoms. The van der Waals surface area contributed by atoms with E-state index in [4.69, 9.17) is 4.74 Å². The summed E-state index contributed by atoms with van der Waals surface area (Å²) in [6.45, 7) is 1.49. The fourth-order valence-electron chi connectivity index (χ4n) is 2.88. The van der Waals surface area contributed by atoms with E-state index in [1.165, 1.54) is 6.92 Å². The molecule has 0 aliphatic carbocycles. The number of ether oxygens (including phenoxy) is 1. The first-order valence-electron chi connectivity index (χ1n) is 7.45. The largest absolute Gasteiger partial charge is 0.497 e. The monoisotopic (exact) mass is 326 g/mol. The molecule has 23 heavy (non-hydrogen) atoms. The molecular formula is C19H18O3S. The van der Waals surface area contributed by atoms with E-state index in [9.17, 15) is 9.59 Å². The van der Waals surface area contributed by atoms with E-state index >= 15 is 0 Å². The molecule has 118 valence electrons. The second-order valence-corrected chi connectivity index (χ2v) is 7.55. The summed E-state index contributed by atoms with van der Waals surface area (Å²) in [5, 5.41) is 0.0229. The lowest BCUT2D eigenvalue weighted by atomic mass is 10.0. The number of ketones is 2. The van der Waals surface area contributed by atoms with Gasteiger partial charge in [-0.25, -0.2) is 0 Å². The van der Waals surface area contributed by atoms with Crippen LogP contribution >= 0.6 is 10.5 Å². The van der Waals surface area contributed by atoms with Crippen LogP contribution in [0.3, 0.4) is 0 Å². The van der Waals surface area contributed by atoms with Crippen molar-refractivity contribution in [3.63, 3.8) is 0 Å². The second kappa shape index (κ2) is 6.50. The Morgan fingerprint density at radius 2 is 1.74 bits per heavy atom.